The van der Waals surface area contributed by atoms with Crippen LogP contribution in [0.4, 0.5) is 5.69 Å². The Bertz CT molecular complexity index is 992. The lowest BCUT2D eigenvalue weighted by Crippen LogP contribution is -1.92. The first kappa shape index (κ1) is 10.8. The van der Waals surface area contributed by atoms with Gasteiger partial charge in [0.1, 0.15) is 5.65 Å². The monoisotopic (exact) mass is 265 g/mol. The predicted octanol–water partition coefficient (Wildman–Crippen LogP) is 2.34. The van der Waals surface area contributed by atoms with Gasteiger partial charge in [0.25, 0.3) is 5.69 Å². The highest BCUT2D eigenvalue weighted by Gasteiger charge is 2.12. The molecule has 0 amide bonds. The van der Waals surface area contributed by atoms with Crippen LogP contribution in [-0.2, 0) is 0 Å². The highest BCUT2D eigenvalue weighted by molar-refractivity contribution is 5.86. The van der Waals surface area contributed by atoms with Crippen molar-refractivity contribution in [3.63, 3.8) is 0 Å². The highest BCUT2D eigenvalue weighted by atomic mass is 16.6. The zero-order valence-electron chi connectivity index (χ0n) is 10.1. The van der Waals surface area contributed by atoms with E-state index in [-0.39, 0.29) is 5.69 Å². The number of nitro groups is 1. The molecule has 0 spiro atoms. The summed E-state index contributed by atoms with van der Waals surface area (Å²) in [5, 5.41) is 10.8. The average molecular weight is 265 g/mol. The molecule has 3 aromatic heterocycles. The van der Waals surface area contributed by atoms with Crippen molar-refractivity contribution in [3.8, 4) is 0 Å². The van der Waals surface area contributed by atoms with E-state index in [1.807, 2.05) is 28.8 Å². The molecule has 20 heavy (non-hydrogen) atoms. The molecular weight excluding hydrogens is 258 g/mol. The molecule has 0 N–H and O–H groups in total. The largest absolute Gasteiger partial charge is 0.283 e. The van der Waals surface area contributed by atoms with Crippen LogP contribution in [0.3, 0.4) is 0 Å². The maximum Gasteiger partial charge on any atom is 0.271 e. The normalized spacial score (nSPS) is 11.4. The van der Waals surface area contributed by atoms with E-state index >= 15 is 0 Å². The van der Waals surface area contributed by atoms with Crippen LogP contribution < -0.4 is 0 Å². The second kappa shape index (κ2) is 3.70. The fourth-order valence-corrected chi connectivity index (χ4v) is 2.19. The number of hydrogen-bond acceptors (Lipinski definition) is 5. The molecule has 0 atom stereocenters. The van der Waals surface area contributed by atoms with Crippen LogP contribution in [0.5, 0.6) is 0 Å². The molecule has 96 valence electrons. The Balaban J connectivity index is 2.12. The van der Waals surface area contributed by atoms with E-state index in [0.717, 1.165) is 5.65 Å². The van der Waals surface area contributed by atoms with Gasteiger partial charge in [0.05, 0.1) is 16.0 Å². The average Bonchev–Trinajstić information content (AvgIpc) is 2.81. The summed E-state index contributed by atoms with van der Waals surface area (Å²) in [6, 6.07) is 10.1. The number of fused-ring (bicyclic) bond motifs is 4. The molecular formula is C13H7N5O2. The van der Waals surface area contributed by atoms with Gasteiger partial charge in [0.15, 0.2) is 11.3 Å². The number of hydrogen-bond donors (Lipinski definition) is 0. The molecule has 3 heterocycles. The summed E-state index contributed by atoms with van der Waals surface area (Å²) >= 11 is 0. The molecule has 0 saturated heterocycles. The van der Waals surface area contributed by atoms with E-state index in [2.05, 4.69) is 15.0 Å². The lowest BCUT2D eigenvalue weighted by atomic mass is 10.2. The van der Waals surface area contributed by atoms with Crippen LogP contribution in [0.2, 0.25) is 0 Å². The Morgan fingerprint density at radius 3 is 2.80 bits per heavy atom. The Labute approximate surface area is 111 Å². The Morgan fingerprint density at radius 1 is 1.05 bits per heavy atom. The number of imidazole rings is 1. The minimum absolute atomic E-state index is 0.00471. The van der Waals surface area contributed by atoms with Gasteiger partial charge in [0, 0.05) is 18.3 Å². The van der Waals surface area contributed by atoms with Crippen LogP contribution in [0, 0.1) is 10.1 Å². The molecule has 0 fully saturated rings. The van der Waals surface area contributed by atoms with Gasteiger partial charge in [0.2, 0.25) is 0 Å². The zero-order valence-corrected chi connectivity index (χ0v) is 10.1. The Morgan fingerprint density at radius 2 is 1.95 bits per heavy atom. The SMILES string of the molecule is O=[N+]([O-])c1ccc2nc3c(nc2c1)nc1ccccn13. The standard InChI is InChI=1S/C13H7N5O2/c19-18(20)8-4-5-9-10(7-8)14-12-13(15-9)17-6-2-1-3-11(17)16-12/h1-7H. The van der Waals surface area contributed by atoms with Crippen LogP contribution in [0.25, 0.3) is 28.0 Å². The molecule has 4 rings (SSSR count). The van der Waals surface area contributed by atoms with E-state index in [9.17, 15) is 10.1 Å². The van der Waals surface area contributed by atoms with Crippen molar-refractivity contribution in [2.24, 2.45) is 0 Å². The van der Waals surface area contributed by atoms with Crippen molar-refractivity contribution >= 4 is 33.7 Å². The third-order valence-corrected chi connectivity index (χ3v) is 3.11. The summed E-state index contributed by atoms with van der Waals surface area (Å²) in [5.41, 5.74) is 2.93. The third-order valence-electron chi connectivity index (χ3n) is 3.11. The van der Waals surface area contributed by atoms with Gasteiger partial charge in [-0.2, -0.15) is 0 Å². The van der Waals surface area contributed by atoms with Gasteiger partial charge in [-0.15, -0.1) is 0 Å². The molecule has 1 aromatic carbocycles. The smallest absolute Gasteiger partial charge is 0.271 e. The van der Waals surface area contributed by atoms with Crippen LogP contribution in [0.15, 0.2) is 42.6 Å². The highest BCUT2D eigenvalue weighted by Crippen LogP contribution is 2.21. The van der Waals surface area contributed by atoms with Crippen molar-refractivity contribution in [1.82, 2.24) is 19.4 Å². The molecule has 0 bridgehead atoms. The number of nitrogens with zero attached hydrogens (tertiary/aromatic N) is 5. The summed E-state index contributed by atoms with van der Waals surface area (Å²) in [6.45, 7) is 0. The van der Waals surface area contributed by atoms with Gasteiger partial charge < -0.3 is 0 Å². The van der Waals surface area contributed by atoms with Crippen molar-refractivity contribution in [2.45, 2.75) is 0 Å². The first-order valence-corrected chi connectivity index (χ1v) is 5.91. The molecule has 7 nitrogen and oxygen atoms in total. The molecule has 0 aliphatic rings. The summed E-state index contributed by atoms with van der Waals surface area (Å²) in [5.74, 6) is 0. The molecule has 7 heteroatoms. The van der Waals surface area contributed by atoms with E-state index < -0.39 is 4.92 Å². The second-order valence-electron chi connectivity index (χ2n) is 4.34. The number of aromatic nitrogens is 4. The van der Waals surface area contributed by atoms with Crippen LogP contribution >= 0.6 is 0 Å². The predicted molar refractivity (Wildman–Crippen MR) is 72.4 cm³/mol. The van der Waals surface area contributed by atoms with Crippen molar-refractivity contribution < 1.29 is 4.92 Å². The Kier molecular flexibility index (Phi) is 2.00. The van der Waals surface area contributed by atoms with E-state index in [1.165, 1.54) is 12.1 Å². The topological polar surface area (TPSA) is 86.2 Å². The van der Waals surface area contributed by atoms with E-state index in [1.54, 1.807) is 6.07 Å². The fraction of sp³-hybridized carbons (Fsp3) is 0. The zero-order chi connectivity index (χ0) is 13.7. The summed E-state index contributed by atoms with van der Waals surface area (Å²) < 4.78 is 1.84. The minimum Gasteiger partial charge on any atom is -0.283 e. The van der Waals surface area contributed by atoms with Gasteiger partial charge in [-0.1, -0.05) is 6.07 Å². The minimum atomic E-state index is -0.449. The number of non-ortho nitro benzene ring substituents is 1. The van der Waals surface area contributed by atoms with Crippen molar-refractivity contribution in [2.75, 3.05) is 0 Å². The van der Waals surface area contributed by atoms with Gasteiger partial charge in [-0.3, -0.25) is 14.5 Å². The molecule has 0 aliphatic carbocycles. The summed E-state index contributed by atoms with van der Waals surface area (Å²) in [4.78, 5) is 23.5. The fourth-order valence-electron chi connectivity index (χ4n) is 2.19. The molecule has 0 aliphatic heterocycles. The first-order chi connectivity index (χ1) is 9.72. The number of nitro benzene ring substituents is 1. The molecule has 0 saturated carbocycles. The van der Waals surface area contributed by atoms with E-state index in [0.29, 0.717) is 22.3 Å². The summed E-state index contributed by atoms with van der Waals surface area (Å²) in [6.07, 6.45) is 1.86. The lowest BCUT2D eigenvalue weighted by molar-refractivity contribution is -0.384. The van der Waals surface area contributed by atoms with Crippen LogP contribution in [0.1, 0.15) is 0 Å². The maximum absolute atomic E-state index is 10.8. The number of benzene rings is 1. The molecule has 0 unspecified atom stereocenters. The quantitative estimate of drug-likeness (QED) is 0.389. The van der Waals surface area contributed by atoms with Crippen LogP contribution in [-0.4, -0.2) is 24.3 Å². The Hall–Kier alpha value is -3.09. The van der Waals surface area contributed by atoms with Gasteiger partial charge >= 0.3 is 0 Å². The first-order valence-electron chi connectivity index (χ1n) is 5.91. The number of rotatable bonds is 1. The lowest BCUT2D eigenvalue weighted by Gasteiger charge is -1.97. The second-order valence-corrected chi connectivity index (χ2v) is 4.34. The molecule has 0 radical (unpaired) electrons. The number of pyridine rings is 1. The van der Waals surface area contributed by atoms with Gasteiger partial charge in [-0.05, 0) is 18.2 Å². The van der Waals surface area contributed by atoms with Crippen molar-refractivity contribution in [3.05, 3.63) is 52.7 Å². The maximum atomic E-state index is 10.8. The molecule has 4 aromatic rings. The third kappa shape index (κ3) is 1.43. The summed E-state index contributed by atoms with van der Waals surface area (Å²) in [7, 11) is 0. The van der Waals surface area contributed by atoms with Crippen molar-refractivity contribution in [1.29, 1.82) is 0 Å². The van der Waals surface area contributed by atoms with Gasteiger partial charge in [-0.25, -0.2) is 15.0 Å². The van der Waals surface area contributed by atoms with E-state index in [4.69, 9.17) is 0 Å².